The van der Waals surface area contributed by atoms with Crippen LogP contribution in [-0.2, 0) is 10.5 Å². The monoisotopic (exact) mass is 217 g/mol. The molecule has 1 aromatic carbocycles. The molecule has 0 N–H and O–H groups in total. The third-order valence-corrected chi connectivity index (χ3v) is 3.60. The van der Waals surface area contributed by atoms with E-state index in [4.69, 9.17) is 4.74 Å². The van der Waals surface area contributed by atoms with E-state index in [0.29, 0.717) is 6.61 Å². The highest BCUT2D eigenvalue weighted by molar-refractivity contribution is 6.00. The molecule has 3 rings (SSSR count). The quantitative estimate of drug-likeness (QED) is 0.666. The van der Waals surface area contributed by atoms with E-state index in [1.807, 2.05) is 49.9 Å². The molecule has 1 fully saturated rings. The Morgan fingerprint density at radius 2 is 1.94 bits per heavy atom. The number of benzene rings is 1. The first-order valence-corrected chi connectivity index (χ1v) is 5.55. The summed E-state index contributed by atoms with van der Waals surface area (Å²) in [7, 11) is 0. The number of amides is 1. The summed E-state index contributed by atoms with van der Waals surface area (Å²) in [6.45, 7) is 6.65. The van der Waals surface area contributed by atoms with Gasteiger partial charge in [0, 0.05) is 11.1 Å². The Hall–Kier alpha value is -1.35. The van der Waals surface area contributed by atoms with Crippen molar-refractivity contribution < 1.29 is 9.53 Å². The second-order valence-corrected chi connectivity index (χ2v) is 5.27. The Bertz CT molecular complexity index is 481. The Morgan fingerprint density at radius 3 is 2.69 bits per heavy atom. The third-order valence-electron chi connectivity index (χ3n) is 3.60. The van der Waals surface area contributed by atoms with Gasteiger partial charge in [-0.1, -0.05) is 18.2 Å². The number of carbonyl (C=O) groups excluding carboxylic acids is 1. The smallest absolute Gasteiger partial charge is 0.257 e. The maximum atomic E-state index is 12.3. The first kappa shape index (κ1) is 9.85. The van der Waals surface area contributed by atoms with Crippen LogP contribution in [0.15, 0.2) is 24.3 Å². The topological polar surface area (TPSA) is 29.5 Å². The van der Waals surface area contributed by atoms with Crippen molar-refractivity contribution in [3.05, 3.63) is 35.4 Å². The number of nitrogens with zero attached hydrogens (tertiary/aromatic N) is 1. The van der Waals surface area contributed by atoms with Gasteiger partial charge in [-0.25, -0.2) is 0 Å². The van der Waals surface area contributed by atoms with Crippen molar-refractivity contribution in [2.45, 2.75) is 32.0 Å². The van der Waals surface area contributed by atoms with Crippen molar-refractivity contribution in [3.63, 3.8) is 0 Å². The third kappa shape index (κ3) is 0.944. The Morgan fingerprint density at radius 1 is 1.25 bits per heavy atom. The summed E-state index contributed by atoms with van der Waals surface area (Å²) in [5.74, 6) is 0.0839. The molecular formula is C13H15NO2. The lowest BCUT2D eigenvalue weighted by atomic mass is 10.0. The van der Waals surface area contributed by atoms with Gasteiger partial charge < -0.3 is 4.74 Å². The van der Waals surface area contributed by atoms with Crippen molar-refractivity contribution in [1.82, 2.24) is 4.90 Å². The van der Waals surface area contributed by atoms with Crippen molar-refractivity contribution in [1.29, 1.82) is 0 Å². The number of ether oxygens (including phenoxy) is 1. The van der Waals surface area contributed by atoms with E-state index in [9.17, 15) is 4.79 Å². The van der Waals surface area contributed by atoms with Crippen LogP contribution in [0, 0.1) is 0 Å². The van der Waals surface area contributed by atoms with Crippen LogP contribution >= 0.6 is 0 Å². The number of fused-ring (bicyclic) bond motifs is 3. The van der Waals surface area contributed by atoms with E-state index < -0.39 is 5.72 Å². The van der Waals surface area contributed by atoms with Gasteiger partial charge >= 0.3 is 0 Å². The lowest BCUT2D eigenvalue weighted by Gasteiger charge is -2.34. The molecule has 2 heterocycles. The van der Waals surface area contributed by atoms with Gasteiger partial charge in [0.15, 0.2) is 5.72 Å². The van der Waals surface area contributed by atoms with Gasteiger partial charge in [-0.3, -0.25) is 9.69 Å². The molecule has 0 saturated carbocycles. The van der Waals surface area contributed by atoms with Gasteiger partial charge in [-0.15, -0.1) is 0 Å². The number of rotatable bonds is 0. The maximum absolute atomic E-state index is 12.3. The van der Waals surface area contributed by atoms with Crippen LogP contribution in [0.4, 0.5) is 0 Å². The molecule has 1 amide bonds. The second kappa shape index (κ2) is 2.66. The van der Waals surface area contributed by atoms with Crippen LogP contribution in [0.25, 0.3) is 0 Å². The van der Waals surface area contributed by atoms with Gasteiger partial charge in [-0.2, -0.15) is 0 Å². The zero-order chi connectivity index (χ0) is 11.6. The molecule has 16 heavy (non-hydrogen) atoms. The summed E-state index contributed by atoms with van der Waals surface area (Å²) >= 11 is 0. The minimum Gasteiger partial charge on any atom is -0.349 e. The standard InChI is InChI=1S/C13H15NO2/c1-12(2)8-16-13(3)10-7-5-4-6-9(10)11(15)14(12)13/h4-7H,8H2,1-3H3. The molecule has 0 bridgehead atoms. The molecular weight excluding hydrogens is 202 g/mol. The van der Waals surface area contributed by atoms with E-state index in [1.54, 1.807) is 0 Å². The van der Waals surface area contributed by atoms with Gasteiger partial charge in [-0.05, 0) is 26.8 Å². The Labute approximate surface area is 95.0 Å². The summed E-state index contributed by atoms with van der Waals surface area (Å²) in [5.41, 5.74) is 0.963. The molecule has 0 spiro atoms. The van der Waals surface area contributed by atoms with Gasteiger partial charge in [0.2, 0.25) is 0 Å². The molecule has 1 atom stereocenters. The summed E-state index contributed by atoms with van der Waals surface area (Å²) < 4.78 is 5.88. The van der Waals surface area contributed by atoms with Crippen LogP contribution in [0.1, 0.15) is 36.7 Å². The van der Waals surface area contributed by atoms with E-state index in [1.165, 1.54) is 0 Å². The largest absolute Gasteiger partial charge is 0.349 e. The first-order valence-electron chi connectivity index (χ1n) is 5.55. The summed E-state index contributed by atoms with van der Waals surface area (Å²) in [4.78, 5) is 14.2. The van der Waals surface area contributed by atoms with Crippen LogP contribution < -0.4 is 0 Å². The Balaban J connectivity index is 2.25. The van der Waals surface area contributed by atoms with E-state index in [2.05, 4.69) is 0 Å². The van der Waals surface area contributed by atoms with E-state index in [-0.39, 0.29) is 11.4 Å². The van der Waals surface area contributed by atoms with Crippen LogP contribution in [0.5, 0.6) is 0 Å². The lowest BCUT2D eigenvalue weighted by molar-refractivity contribution is -0.0536. The number of carbonyl (C=O) groups is 1. The van der Waals surface area contributed by atoms with Crippen molar-refractivity contribution >= 4 is 5.91 Å². The normalized spacial score (nSPS) is 30.4. The number of hydrogen-bond acceptors (Lipinski definition) is 2. The van der Waals surface area contributed by atoms with Gasteiger partial charge in [0.25, 0.3) is 5.91 Å². The lowest BCUT2D eigenvalue weighted by Crippen LogP contribution is -2.47. The van der Waals surface area contributed by atoms with E-state index >= 15 is 0 Å². The number of hydrogen-bond donors (Lipinski definition) is 0. The maximum Gasteiger partial charge on any atom is 0.257 e. The summed E-state index contributed by atoms with van der Waals surface area (Å²) in [6, 6.07) is 7.71. The second-order valence-electron chi connectivity index (χ2n) is 5.27. The fourth-order valence-corrected chi connectivity index (χ4v) is 2.89. The average molecular weight is 217 g/mol. The first-order chi connectivity index (χ1) is 7.47. The minimum absolute atomic E-state index is 0.0839. The molecule has 2 aliphatic rings. The average Bonchev–Trinajstić information content (AvgIpc) is 2.62. The predicted molar refractivity (Wildman–Crippen MR) is 60.0 cm³/mol. The fourth-order valence-electron chi connectivity index (χ4n) is 2.89. The zero-order valence-corrected chi connectivity index (χ0v) is 9.78. The van der Waals surface area contributed by atoms with Crippen molar-refractivity contribution in [3.8, 4) is 0 Å². The highest BCUT2D eigenvalue weighted by atomic mass is 16.5. The fraction of sp³-hybridized carbons (Fsp3) is 0.462. The van der Waals surface area contributed by atoms with Crippen molar-refractivity contribution in [2.24, 2.45) is 0 Å². The van der Waals surface area contributed by atoms with Crippen LogP contribution in [0.2, 0.25) is 0 Å². The highest BCUT2D eigenvalue weighted by Crippen LogP contribution is 2.48. The molecule has 0 aliphatic carbocycles. The van der Waals surface area contributed by atoms with E-state index in [0.717, 1.165) is 11.1 Å². The molecule has 1 aromatic rings. The van der Waals surface area contributed by atoms with Crippen LogP contribution in [0.3, 0.4) is 0 Å². The van der Waals surface area contributed by atoms with Gasteiger partial charge in [0.05, 0.1) is 12.1 Å². The molecule has 1 unspecified atom stereocenters. The van der Waals surface area contributed by atoms with Crippen molar-refractivity contribution in [2.75, 3.05) is 6.61 Å². The molecule has 3 nitrogen and oxygen atoms in total. The molecule has 84 valence electrons. The SMILES string of the molecule is CC1(C)COC2(C)c3ccccc3C(=O)N12. The zero-order valence-electron chi connectivity index (χ0n) is 9.78. The molecule has 2 aliphatic heterocycles. The molecule has 0 aromatic heterocycles. The molecule has 1 saturated heterocycles. The minimum atomic E-state index is -0.572. The molecule has 0 radical (unpaired) electrons. The molecule has 3 heteroatoms. The van der Waals surface area contributed by atoms with Gasteiger partial charge in [0.1, 0.15) is 0 Å². The Kier molecular flexibility index (Phi) is 1.64. The summed E-state index contributed by atoms with van der Waals surface area (Å²) in [6.07, 6.45) is 0. The van der Waals surface area contributed by atoms with Crippen LogP contribution in [-0.4, -0.2) is 23.0 Å². The predicted octanol–water partition coefficient (Wildman–Crippen LogP) is 2.12. The highest BCUT2D eigenvalue weighted by Gasteiger charge is 2.57. The summed E-state index contributed by atoms with van der Waals surface area (Å²) in [5, 5.41) is 0.